The first-order valence-electron chi connectivity index (χ1n) is 17.9. The summed E-state index contributed by atoms with van der Waals surface area (Å²) >= 11 is 6.32. The van der Waals surface area contributed by atoms with Gasteiger partial charge in [0.05, 0.1) is 27.7 Å². The molecule has 53 heavy (non-hydrogen) atoms. The lowest BCUT2D eigenvalue weighted by Crippen LogP contribution is -2.67. The average Bonchev–Trinajstić information content (AvgIpc) is 3.47. The largest absolute Gasteiger partial charge is 0.462 e. The van der Waals surface area contributed by atoms with Crippen LogP contribution in [-0.2, 0) is 42.9 Å². The van der Waals surface area contributed by atoms with Gasteiger partial charge in [-0.1, -0.05) is 41.9 Å². The fourth-order valence-corrected chi connectivity index (χ4v) is 5.51. The van der Waals surface area contributed by atoms with Gasteiger partial charge in [-0.05, 0) is 112 Å². The van der Waals surface area contributed by atoms with E-state index in [9.17, 15) is 19.2 Å². The van der Waals surface area contributed by atoms with Crippen LogP contribution < -0.4 is 5.32 Å². The molecule has 3 aromatic rings. The van der Waals surface area contributed by atoms with Crippen molar-refractivity contribution in [2.24, 2.45) is 21.7 Å². The van der Waals surface area contributed by atoms with Gasteiger partial charge in [0.15, 0.2) is 24.5 Å². The molecule has 1 aliphatic heterocycles. The van der Waals surface area contributed by atoms with Crippen LogP contribution in [0.5, 0.6) is 0 Å². The Hall–Kier alpha value is -3.93. The van der Waals surface area contributed by atoms with E-state index in [1.54, 1.807) is 95.2 Å². The van der Waals surface area contributed by atoms with Crippen LogP contribution in [0, 0.1) is 21.7 Å². The Labute approximate surface area is 317 Å². The highest BCUT2D eigenvalue weighted by Crippen LogP contribution is 2.37. The third-order valence-electron chi connectivity index (χ3n) is 8.66. The van der Waals surface area contributed by atoms with Gasteiger partial charge in [0.25, 0.3) is 0 Å². The summed E-state index contributed by atoms with van der Waals surface area (Å²) in [6, 6.07) is 14.5. The predicted molar refractivity (Wildman–Crippen MR) is 202 cm³/mol. The summed E-state index contributed by atoms with van der Waals surface area (Å²) in [4.78, 5) is 57.5. The topological polar surface area (TPSA) is 142 Å². The highest BCUT2D eigenvalue weighted by atomic mass is 35.5. The molecule has 0 unspecified atom stereocenters. The second-order valence-electron chi connectivity index (χ2n) is 17.7. The molecule has 2 aromatic carbocycles. The Morgan fingerprint density at radius 3 is 1.72 bits per heavy atom. The quantitative estimate of drug-likeness (QED) is 0.165. The number of halogens is 1. The number of para-hydroxylation sites is 1. The summed E-state index contributed by atoms with van der Waals surface area (Å²) in [5, 5.41) is 5.01. The monoisotopic (exact) mass is 754 g/mol. The third-order valence-corrected chi connectivity index (χ3v) is 8.91. The SMILES string of the molecule is CC(C)(C)C(=O)OC[C@H]1O[C@@H](N[C@@H](c2ccc(Cl)cc2)c2c[nH]c3ccccc23)[C@H](OC(=O)C(C)(C)C)[C@@H](OC(=O)C(C)(C)C)[C@H]1OC(=O)C(C)(C)C. The van der Waals surface area contributed by atoms with E-state index in [1.165, 1.54) is 0 Å². The maximum Gasteiger partial charge on any atom is 0.311 e. The molecular weight excluding hydrogens is 700 g/mol. The number of nitrogens with one attached hydrogen (secondary N) is 2. The van der Waals surface area contributed by atoms with Crippen LogP contribution in [0.2, 0.25) is 5.02 Å². The van der Waals surface area contributed by atoms with Crippen molar-refractivity contribution in [1.82, 2.24) is 10.3 Å². The second kappa shape index (κ2) is 15.8. The van der Waals surface area contributed by atoms with E-state index in [1.807, 2.05) is 42.6 Å². The van der Waals surface area contributed by atoms with Gasteiger partial charge in [0, 0.05) is 22.1 Å². The van der Waals surface area contributed by atoms with E-state index in [4.69, 9.17) is 35.3 Å². The fourth-order valence-electron chi connectivity index (χ4n) is 5.38. The maximum absolute atomic E-state index is 13.8. The minimum Gasteiger partial charge on any atom is -0.462 e. The van der Waals surface area contributed by atoms with Gasteiger partial charge >= 0.3 is 23.9 Å². The third kappa shape index (κ3) is 10.4. The molecule has 2 N–H and O–H groups in total. The molecule has 0 saturated carbocycles. The van der Waals surface area contributed by atoms with Crippen molar-refractivity contribution in [2.45, 2.75) is 120 Å². The van der Waals surface area contributed by atoms with Crippen molar-refractivity contribution < 1.29 is 42.9 Å². The van der Waals surface area contributed by atoms with E-state index in [-0.39, 0.29) is 6.61 Å². The number of hydrogen-bond acceptors (Lipinski definition) is 10. The normalized spacial score (nSPS) is 21.8. The summed E-state index contributed by atoms with van der Waals surface area (Å²) in [6.07, 6.45) is -4.57. The van der Waals surface area contributed by atoms with Gasteiger partial charge in [0.2, 0.25) is 0 Å². The Balaban J connectivity index is 1.93. The number of rotatable bonds is 9. The number of carbonyl (C=O) groups excluding carboxylic acids is 4. The molecular formula is C41H55ClN2O9. The van der Waals surface area contributed by atoms with Gasteiger partial charge in [0.1, 0.15) is 12.7 Å². The predicted octanol–water partition coefficient (Wildman–Crippen LogP) is 7.69. The minimum absolute atomic E-state index is 0.363. The maximum atomic E-state index is 13.8. The molecule has 0 aliphatic carbocycles. The Bertz CT molecular complexity index is 1770. The van der Waals surface area contributed by atoms with Gasteiger partial charge in [-0.3, -0.25) is 24.5 Å². The van der Waals surface area contributed by atoms with Crippen molar-refractivity contribution in [3.63, 3.8) is 0 Å². The number of H-pyrrole nitrogens is 1. The van der Waals surface area contributed by atoms with Crippen LogP contribution in [-0.4, -0.2) is 66.1 Å². The first-order chi connectivity index (χ1) is 24.4. The molecule has 11 nitrogen and oxygen atoms in total. The number of aromatic nitrogens is 1. The number of hydrogen-bond donors (Lipinski definition) is 2. The zero-order valence-electron chi connectivity index (χ0n) is 32.9. The molecule has 1 saturated heterocycles. The lowest BCUT2D eigenvalue weighted by molar-refractivity contribution is -0.265. The van der Waals surface area contributed by atoms with Gasteiger partial charge < -0.3 is 28.7 Å². The molecule has 12 heteroatoms. The Kier molecular flexibility index (Phi) is 12.5. The molecule has 1 aromatic heterocycles. The zero-order chi connectivity index (χ0) is 39.7. The van der Waals surface area contributed by atoms with Crippen molar-refractivity contribution in [2.75, 3.05) is 6.61 Å². The van der Waals surface area contributed by atoms with Crippen LogP contribution in [0.15, 0.2) is 54.7 Å². The van der Waals surface area contributed by atoms with E-state index in [2.05, 4.69) is 10.3 Å². The Morgan fingerprint density at radius 2 is 1.19 bits per heavy atom. The number of carbonyl (C=O) groups is 4. The summed E-state index contributed by atoms with van der Waals surface area (Å²) in [5.74, 6) is -2.38. The van der Waals surface area contributed by atoms with Crippen molar-refractivity contribution in [1.29, 1.82) is 0 Å². The van der Waals surface area contributed by atoms with Crippen molar-refractivity contribution >= 4 is 46.4 Å². The summed E-state index contributed by atoms with van der Waals surface area (Å²) in [5.41, 5.74) is -1.29. The van der Waals surface area contributed by atoms with E-state index < -0.39 is 82.2 Å². The lowest BCUT2D eigenvalue weighted by Gasteiger charge is -2.47. The van der Waals surface area contributed by atoms with Crippen LogP contribution in [0.25, 0.3) is 10.9 Å². The van der Waals surface area contributed by atoms with E-state index >= 15 is 0 Å². The van der Waals surface area contributed by atoms with Gasteiger partial charge in [-0.25, -0.2) is 0 Å². The number of fused-ring (bicyclic) bond motifs is 1. The summed E-state index contributed by atoms with van der Waals surface area (Å²) in [6.45, 7) is 20.0. The Morgan fingerprint density at radius 1 is 0.698 bits per heavy atom. The van der Waals surface area contributed by atoms with Gasteiger partial charge in [-0.15, -0.1) is 0 Å². The second-order valence-corrected chi connectivity index (χ2v) is 18.2. The molecule has 0 bridgehead atoms. The highest BCUT2D eigenvalue weighted by Gasteiger charge is 2.55. The number of ether oxygens (including phenoxy) is 5. The van der Waals surface area contributed by atoms with Crippen molar-refractivity contribution in [3.8, 4) is 0 Å². The number of benzene rings is 2. The molecule has 0 amide bonds. The molecule has 1 fully saturated rings. The molecule has 0 radical (unpaired) electrons. The number of aromatic amines is 1. The molecule has 6 atom stereocenters. The first kappa shape index (κ1) is 41.8. The molecule has 2 heterocycles. The van der Waals surface area contributed by atoms with Gasteiger partial charge in [-0.2, -0.15) is 0 Å². The molecule has 4 rings (SSSR count). The lowest BCUT2D eigenvalue weighted by atomic mass is 9.91. The van der Waals surface area contributed by atoms with E-state index in [0.29, 0.717) is 5.02 Å². The fraction of sp³-hybridized carbons (Fsp3) is 0.561. The highest BCUT2D eigenvalue weighted by molar-refractivity contribution is 6.30. The van der Waals surface area contributed by atoms with Crippen LogP contribution in [0.3, 0.4) is 0 Å². The molecule has 1 aliphatic rings. The summed E-state index contributed by atoms with van der Waals surface area (Å²) < 4.78 is 31.1. The molecule has 0 spiro atoms. The zero-order valence-corrected chi connectivity index (χ0v) is 33.7. The van der Waals surface area contributed by atoms with Crippen LogP contribution in [0.1, 0.15) is 100 Å². The first-order valence-corrected chi connectivity index (χ1v) is 18.3. The average molecular weight is 755 g/mol. The van der Waals surface area contributed by atoms with Crippen LogP contribution >= 0.6 is 11.6 Å². The minimum atomic E-state index is -1.39. The smallest absolute Gasteiger partial charge is 0.311 e. The number of esters is 4. The standard InChI is InChI=1S/C41H55ClN2O9/c1-38(2,3)34(45)49-22-28-30(51-35(46)39(4,5)6)31(52-36(47)40(7,8)9)32(53-37(48)41(10,11)12)33(50-28)44-29(23-17-19-24(42)20-18-23)26-21-43-27-16-14-13-15-25(26)27/h13-21,28-33,43-44H,22H2,1-12H3/t28-,29+,30+,31+,32-,33-/m1/s1. The molecule has 290 valence electrons. The van der Waals surface area contributed by atoms with E-state index in [0.717, 1.165) is 22.0 Å². The van der Waals surface area contributed by atoms with Crippen LogP contribution in [0.4, 0.5) is 0 Å². The van der Waals surface area contributed by atoms with Crippen molar-refractivity contribution in [3.05, 3.63) is 70.9 Å². The summed E-state index contributed by atoms with van der Waals surface area (Å²) in [7, 11) is 0.